The Morgan fingerprint density at radius 2 is 2.00 bits per heavy atom. The summed E-state index contributed by atoms with van der Waals surface area (Å²) >= 11 is 9.48. The van der Waals surface area contributed by atoms with Crippen molar-refractivity contribution in [1.29, 1.82) is 0 Å². The number of carbonyl (C=O) groups is 1. The van der Waals surface area contributed by atoms with Crippen molar-refractivity contribution in [3.05, 3.63) is 58.6 Å². The van der Waals surface area contributed by atoms with Gasteiger partial charge in [-0.1, -0.05) is 45.7 Å². The number of amides is 1. The summed E-state index contributed by atoms with van der Waals surface area (Å²) in [4.78, 5) is 12.6. The molecule has 2 aromatic carbocycles. The van der Waals surface area contributed by atoms with Gasteiger partial charge in [0, 0.05) is 15.5 Å². The number of ether oxygens (including phenoxy) is 1. The Bertz CT molecular complexity index is 658. The van der Waals surface area contributed by atoms with Crippen molar-refractivity contribution >= 4 is 39.1 Å². The minimum atomic E-state index is -0.255. The quantitative estimate of drug-likeness (QED) is 0.766. The summed E-state index contributed by atoms with van der Waals surface area (Å²) in [6.07, 6.45) is 0. The lowest BCUT2D eigenvalue weighted by molar-refractivity contribution is 0.102. The van der Waals surface area contributed by atoms with Gasteiger partial charge in [0.1, 0.15) is 5.75 Å². The van der Waals surface area contributed by atoms with Crippen LogP contribution in [-0.2, 0) is 0 Å². The summed E-state index contributed by atoms with van der Waals surface area (Å²) in [5.74, 6) is 0.233. The van der Waals surface area contributed by atoms with Crippen molar-refractivity contribution in [3.63, 3.8) is 0 Å². The summed E-state index contributed by atoms with van der Waals surface area (Å²) < 4.78 is 5.21. The third kappa shape index (κ3) is 3.77. The fourth-order valence-electron chi connectivity index (χ4n) is 2.01. The Morgan fingerprint density at radius 1 is 1.29 bits per heavy atom. The summed E-state index contributed by atoms with van der Waals surface area (Å²) in [6, 6.07) is 12.6. The van der Waals surface area contributed by atoms with E-state index in [4.69, 9.17) is 16.3 Å². The van der Waals surface area contributed by atoms with Crippen LogP contribution in [0.3, 0.4) is 0 Å². The van der Waals surface area contributed by atoms with E-state index in [-0.39, 0.29) is 10.7 Å². The van der Waals surface area contributed by atoms with Gasteiger partial charge in [0.2, 0.25) is 0 Å². The molecule has 0 aromatic heterocycles. The second-order valence-corrected chi connectivity index (χ2v) is 6.31. The minimum absolute atomic E-state index is 0.134. The van der Waals surface area contributed by atoms with E-state index in [0.29, 0.717) is 16.3 Å². The molecule has 0 saturated carbocycles. The molecule has 1 amide bonds. The summed E-state index contributed by atoms with van der Waals surface area (Å²) in [5.41, 5.74) is 2.17. The van der Waals surface area contributed by atoms with Crippen LogP contribution in [0.2, 0.25) is 5.02 Å². The van der Waals surface area contributed by atoms with Crippen LogP contribution >= 0.6 is 27.5 Å². The highest BCUT2D eigenvalue weighted by Crippen LogP contribution is 2.30. The van der Waals surface area contributed by atoms with E-state index in [1.165, 1.54) is 7.11 Å². The van der Waals surface area contributed by atoms with Gasteiger partial charge >= 0.3 is 0 Å². The zero-order chi connectivity index (χ0) is 15.4. The molecule has 0 radical (unpaired) electrons. The molecule has 1 N–H and O–H groups in total. The van der Waals surface area contributed by atoms with Crippen LogP contribution in [0.4, 0.5) is 5.69 Å². The lowest BCUT2D eigenvalue weighted by atomic mass is 10.1. The van der Waals surface area contributed by atoms with Crippen molar-refractivity contribution in [2.45, 2.75) is 11.8 Å². The van der Waals surface area contributed by atoms with Crippen molar-refractivity contribution in [2.75, 3.05) is 12.4 Å². The summed E-state index contributed by atoms with van der Waals surface area (Å²) in [5, 5.41) is 3.39. The Kier molecular flexibility index (Phi) is 5.26. The second-order valence-electron chi connectivity index (χ2n) is 4.50. The van der Waals surface area contributed by atoms with Gasteiger partial charge < -0.3 is 10.1 Å². The zero-order valence-corrected chi connectivity index (χ0v) is 14.0. The number of rotatable bonds is 4. The first-order valence-electron chi connectivity index (χ1n) is 6.41. The molecule has 3 nitrogen and oxygen atoms in total. The lowest BCUT2D eigenvalue weighted by Gasteiger charge is -2.14. The third-order valence-electron chi connectivity index (χ3n) is 3.04. The summed E-state index contributed by atoms with van der Waals surface area (Å²) in [6.45, 7) is 2.00. The molecule has 0 bridgehead atoms. The van der Waals surface area contributed by atoms with Crippen molar-refractivity contribution in [3.8, 4) is 5.75 Å². The molecule has 0 aliphatic heterocycles. The van der Waals surface area contributed by atoms with Gasteiger partial charge in [-0.25, -0.2) is 0 Å². The second kappa shape index (κ2) is 6.96. The van der Waals surface area contributed by atoms with Crippen molar-refractivity contribution < 1.29 is 9.53 Å². The van der Waals surface area contributed by atoms with Crippen LogP contribution in [0.15, 0.2) is 42.5 Å². The molecule has 0 fully saturated rings. The molecular weight excluding hydrogens is 354 g/mol. The predicted molar refractivity (Wildman–Crippen MR) is 89.7 cm³/mol. The Labute approximate surface area is 137 Å². The standard InChI is InChI=1S/C16H15BrClNO2/c1-10(17)12-5-3-4-6-14(12)19-16(20)13-9-11(18)7-8-15(13)21-2/h3-10H,1-2H3,(H,19,20). The molecule has 0 saturated heterocycles. The Morgan fingerprint density at radius 3 is 2.67 bits per heavy atom. The molecule has 2 aromatic rings. The number of hydrogen-bond acceptors (Lipinski definition) is 2. The van der Waals surface area contributed by atoms with Crippen molar-refractivity contribution in [2.24, 2.45) is 0 Å². The highest BCUT2D eigenvalue weighted by atomic mass is 79.9. The molecule has 0 aliphatic carbocycles. The number of hydrogen-bond donors (Lipinski definition) is 1. The SMILES string of the molecule is COc1ccc(Cl)cc1C(=O)Nc1ccccc1C(C)Br. The maximum absolute atomic E-state index is 12.5. The van der Waals surface area contributed by atoms with Gasteiger partial charge in [0.15, 0.2) is 0 Å². The van der Waals surface area contributed by atoms with Crippen LogP contribution in [0.1, 0.15) is 27.7 Å². The molecule has 2 rings (SSSR count). The van der Waals surface area contributed by atoms with E-state index >= 15 is 0 Å². The number of nitrogens with one attached hydrogen (secondary N) is 1. The van der Waals surface area contributed by atoms with E-state index in [0.717, 1.165) is 11.3 Å². The van der Waals surface area contributed by atoms with Gasteiger partial charge in [-0.2, -0.15) is 0 Å². The fourth-order valence-corrected chi connectivity index (χ4v) is 2.58. The summed E-state index contributed by atoms with van der Waals surface area (Å²) in [7, 11) is 1.52. The number of benzene rings is 2. The van der Waals surface area contributed by atoms with Gasteiger partial charge in [0.05, 0.1) is 12.7 Å². The predicted octanol–water partition coefficient (Wildman–Crippen LogP) is 5.06. The Balaban J connectivity index is 2.33. The van der Waals surface area contributed by atoms with Crippen LogP contribution in [0.5, 0.6) is 5.75 Å². The highest BCUT2D eigenvalue weighted by molar-refractivity contribution is 9.09. The number of alkyl halides is 1. The first-order valence-corrected chi connectivity index (χ1v) is 7.70. The average molecular weight is 369 g/mol. The number of halogens is 2. The van der Waals surface area contributed by atoms with E-state index in [2.05, 4.69) is 21.2 Å². The van der Waals surface area contributed by atoms with E-state index in [1.807, 2.05) is 31.2 Å². The smallest absolute Gasteiger partial charge is 0.259 e. The zero-order valence-electron chi connectivity index (χ0n) is 11.7. The maximum atomic E-state index is 12.5. The van der Waals surface area contributed by atoms with Gasteiger partial charge in [-0.15, -0.1) is 0 Å². The molecule has 1 unspecified atom stereocenters. The highest BCUT2D eigenvalue weighted by Gasteiger charge is 2.15. The first-order chi connectivity index (χ1) is 10.0. The molecule has 110 valence electrons. The number of para-hydroxylation sites is 1. The fraction of sp³-hybridized carbons (Fsp3) is 0.188. The van der Waals surface area contributed by atoms with E-state index in [1.54, 1.807) is 18.2 Å². The van der Waals surface area contributed by atoms with E-state index < -0.39 is 0 Å². The lowest BCUT2D eigenvalue weighted by Crippen LogP contribution is -2.14. The van der Waals surface area contributed by atoms with Gasteiger partial charge in [0.25, 0.3) is 5.91 Å². The van der Waals surface area contributed by atoms with Crippen molar-refractivity contribution in [1.82, 2.24) is 0 Å². The molecule has 0 aliphatic rings. The largest absolute Gasteiger partial charge is 0.496 e. The number of carbonyl (C=O) groups excluding carboxylic acids is 1. The average Bonchev–Trinajstić information content (AvgIpc) is 2.47. The monoisotopic (exact) mass is 367 g/mol. The van der Waals surface area contributed by atoms with Gasteiger partial charge in [-0.05, 0) is 36.8 Å². The first kappa shape index (κ1) is 15.9. The van der Waals surface area contributed by atoms with Crippen LogP contribution in [0, 0.1) is 0 Å². The Hall–Kier alpha value is -1.52. The minimum Gasteiger partial charge on any atom is -0.496 e. The number of methoxy groups -OCH3 is 1. The third-order valence-corrected chi connectivity index (χ3v) is 3.77. The molecule has 0 spiro atoms. The molecule has 21 heavy (non-hydrogen) atoms. The molecule has 1 atom stereocenters. The topological polar surface area (TPSA) is 38.3 Å². The van der Waals surface area contributed by atoms with Crippen LogP contribution in [-0.4, -0.2) is 13.0 Å². The van der Waals surface area contributed by atoms with Gasteiger partial charge in [-0.3, -0.25) is 4.79 Å². The van der Waals surface area contributed by atoms with Crippen LogP contribution < -0.4 is 10.1 Å². The van der Waals surface area contributed by atoms with Crippen LogP contribution in [0.25, 0.3) is 0 Å². The molecular formula is C16H15BrClNO2. The molecule has 0 heterocycles. The molecule has 5 heteroatoms. The van der Waals surface area contributed by atoms with E-state index in [9.17, 15) is 4.79 Å². The number of anilines is 1. The normalized spacial score (nSPS) is 11.8. The maximum Gasteiger partial charge on any atom is 0.259 e.